The van der Waals surface area contributed by atoms with Gasteiger partial charge in [-0.2, -0.15) is 13.2 Å². The van der Waals surface area contributed by atoms with Crippen molar-refractivity contribution in [3.63, 3.8) is 0 Å². The average molecular weight is 290 g/mol. The number of esters is 1. The van der Waals surface area contributed by atoms with E-state index in [4.69, 9.17) is 4.74 Å². The molecular weight excluding hydrogens is 281 g/mol. The topological polar surface area (TPSA) is 76.7 Å². The minimum Gasteiger partial charge on any atom is -0.490 e. The molecule has 1 aliphatic heterocycles. The fraction of sp³-hybridized carbons (Fsp3) is 0.273. The largest absolute Gasteiger partial charge is 0.491 e. The zero-order valence-corrected chi connectivity index (χ0v) is 9.91. The van der Waals surface area contributed by atoms with Crippen LogP contribution in [0.25, 0.3) is 0 Å². The first-order valence-corrected chi connectivity index (χ1v) is 5.47. The summed E-state index contributed by atoms with van der Waals surface area (Å²) in [5.41, 5.74) is 0.748. The van der Waals surface area contributed by atoms with Crippen molar-refractivity contribution >= 4 is 23.4 Å². The van der Waals surface area contributed by atoms with Crippen LogP contribution < -0.4 is 15.4 Å². The van der Waals surface area contributed by atoms with Crippen LogP contribution >= 0.6 is 0 Å². The van der Waals surface area contributed by atoms with E-state index >= 15 is 0 Å². The molecule has 2 N–H and O–H groups in total. The Morgan fingerprint density at radius 1 is 1.35 bits per heavy atom. The van der Waals surface area contributed by atoms with Crippen molar-refractivity contribution in [1.82, 2.24) is 0 Å². The van der Waals surface area contributed by atoms with E-state index in [1.807, 2.05) is 5.32 Å². The number of ether oxygens (including phenoxy) is 2. The Kier molecular flexibility index (Phi) is 3.68. The number of benzene rings is 1. The van der Waals surface area contributed by atoms with Crippen molar-refractivity contribution in [2.75, 3.05) is 23.8 Å². The first kappa shape index (κ1) is 14.0. The van der Waals surface area contributed by atoms with E-state index in [2.05, 4.69) is 10.1 Å². The van der Waals surface area contributed by atoms with E-state index < -0.39 is 18.2 Å². The van der Waals surface area contributed by atoms with Gasteiger partial charge < -0.3 is 14.8 Å². The summed E-state index contributed by atoms with van der Waals surface area (Å²) in [5.74, 6) is -2.02. The predicted octanol–water partition coefficient (Wildman–Crippen LogP) is 2.13. The monoisotopic (exact) mass is 290 g/mol. The summed E-state index contributed by atoms with van der Waals surface area (Å²) in [5, 5.41) is 4.99. The summed E-state index contributed by atoms with van der Waals surface area (Å²) < 4.78 is 44.6. The number of anilines is 2. The Morgan fingerprint density at radius 3 is 2.80 bits per heavy atom. The maximum absolute atomic E-state index is 11.9. The standard InChI is InChI=1S/C11H9F3N2O4/c12-11(13,14)9(17)20-10(18)16-6-1-2-8-7(5-6)15-3-4-19-8/h1-2,5,15H,3-4H2,(H,16,18). The Balaban J connectivity index is 2.00. The molecule has 1 aliphatic rings. The third-order valence-corrected chi connectivity index (χ3v) is 2.32. The van der Waals surface area contributed by atoms with Gasteiger partial charge in [0.25, 0.3) is 0 Å². The molecule has 0 aromatic heterocycles. The molecule has 108 valence electrons. The Morgan fingerprint density at radius 2 is 2.10 bits per heavy atom. The molecule has 1 aromatic rings. The SMILES string of the molecule is O=C(Nc1ccc2c(c1)NCCO2)OC(=O)C(F)(F)F. The minimum absolute atomic E-state index is 0.168. The van der Waals surface area contributed by atoms with E-state index in [-0.39, 0.29) is 5.69 Å². The molecule has 2 rings (SSSR count). The molecule has 0 saturated heterocycles. The van der Waals surface area contributed by atoms with Gasteiger partial charge in [0.1, 0.15) is 12.4 Å². The molecule has 0 fully saturated rings. The molecule has 1 aromatic carbocycles. The lowest BCUT2D eigenvalue weighted by molar-refractivity contribution is -0.192. The van der Waals surface area contributed by atoms with Gasteiger partial charge >= 0.3 is 18.2 Å². The second-order valence-corrected chi connectivity index (χ2v) is 3.79. The minimum atomic E-state index is -5.22. The van der Waals surface area contributed by atoms with E-state index in [9.17, 15) is 22.8 Å². The molecular formula is C11H9F3N2O4. The van der Waals surface area contributed by atoms with E-state index in [1.54, 1.807) is 0 Å². The number of nitrogens with one attached hydrogen (secondary N) is 2. The lowest BCUT2D eigenvalue weighted by Gasteiger charge is -2.19. The molecule has 0 spiro atoms. The van der Waals surface area contributed by atoms with Crippen molar-refractivity contribution in [3.05, 3.63) is 18.2 Å². The van der Waals surface area contributed by atoms with Crippen molar-refractivity contribution in [1.29, 1.82) is 0 Å². The number of carbonyl (C=O) groups excluding carboxylic acids is 2. The fourth-order valence-electron chi connectivity index (χ4n) is 1.50. The zero-order chi connectivity index (χ0) is 14.8. The predicted molar refractivity (Wildman–Crippen MR) is 61.6 cm³/mol. The summed E-state index contributed by atoms with van der Waals surface area (Å²) in [4.78, 5) is 21.6. The molecule has 20 heavy (non-hydrogen) atoms. The van der Waals surface area contributed by atoms with Gasteiger partial charge in [-0.1, -0.05) is 0 Å². The van der Waals surface area contributed by atoms with Gasteiger partial charge in [0, 0.05) is 12.2 Å². The molecule has 0 unspecified atom stereocenters. The molecule has 0 saturated carbocycles. The van der Waals surface area contributed by atoms with Crippen molar-refractivity contribution < 1.29 is 32.2 Å². The number of alkyl halides is 3. The summed E-state index contributed by atoms with van der Waals surface area (Å²) in [6.45, 7) is 1.05. The van der Waals surface area contributed by atoms with E-state index in [0.717, 1.165) is 0 Å². The van der Waals surface area contributed by atoms with Crippen LogP contribution in [0.2, 0.25) is 0 Å². The Hall–Kier alpha value is -2.45. The highest BCUT2D eigenvalue weighted by Crippen LogP contribution is 2.30. The van der Waals surface area contributed by atoms with E-state index in [0.29, 0.717) is 24.6 Å². The fourth-order valence-corrected chi connectivity index (χ4v) is 1.50. The first-order valence-electron chi connectivity index (χ1n) is 5.47. The van der Waals surface area contributed by atoms with Crippen LogP contribution in [0.3, 0.4) is 0 Å². The summed E-state index contributed by atoms with van der Waals surface area (Å²) in [7, 11) is 0. The van der Waals surface area contributed by atoms with Gasteiger partial charge in [-0.3, -0.25) is 5.32 Å². The highest BCUT2D eigenvalue weighted by Gasteiger charge is 2.42. The number of hydrogen-bond donors (Lipinski definition) is 2. The van der Waals surface area contributed by atoms with Crippen molar-refractivity contribution in [3.8, 4) is 5.75 Å². The third-order valence-electron chi connectivity index (χ3n) is 2.32. The Labute approximate surface area is 110 Å². The van der Waals surface area contributed by atoms with Gasteiger partial charge in [-0.05, 0) is 18.2 Å². The summed E-state index contributed by atoms with van der Waals surface area (Å²) >= 11 is 0. The maximum atomic E-state index is 11.9. The van der Waals surface area contributed by atoms with Crippen LogP contribution in [-0.4, -0.2) is 31.4 Å². The van der Waals surface area contributed by atoms with Crippen LogP contribution in [0.5, 0.6) is 5.75 Å². The highest BCUT2D eigenvalue weighted by atomic mass is 19.4. The quantitative estimate of drug-likeness (QED) is 0.612. The summed E-state index contributed by atoms with van der Waals surface area (Å²) in [6, 6.07) is 4.39. The normalized spacial score (nSPS) is 13.6. The van der Waals surface area contributed by atoms with Gasteiger partial charge in [-0.15, -0.1) is 0 Å². The maximum Gasteiger partial charge on any atom is 0.491 e. The molecule has 9 heteroatoms. The lowest BCUT2D eigenvalue weighted by Crippen LogP contribution is -2.30. The van der Waals surface area contributed by atoms with Gasteiger partial charge in [0.15, 0.2) is 0 Å². The van der Waals surface area contributed by atoms with Crippen LogP contribution in [-0.2, 0) is 9.53 Å². The van der Waals surface area contributed by atoms with Crippen LogP contribution in [0.1, 0.15) is 0 Å². The molecule has 1 heterocycles. The lowest BCUT2D eigenvalue weighted by atomic mass is 10.2. The first-order chi connectivity index (χ1) is 9.36. The Bertz CT molecular complexity index is 545. The molecule has 0 radical (unpaired) electrons. The van der Waals surface area contributed by atoms with Crippen molar-refractivity contribution in [2.24, 2.45) is 0 Å². The third kappa shape index (κ3) is 3.31. The van der Waals surface area contributed by atoms with Gasteiger partial charge in [-0.25, -0.2) is 9.59 Å². The second-order valence-electron chi connectivity index (χ2n) is 3.79. The van der Waals surface area contributed by atoms with Gasteiger partial charge in [0.2, 0.25) is 0 Å². The summed E-state index contributed by atoms with van der Waals surface area (Å²) in [6.07, 6.45) is -6.73. The highest BCUT2D eigenvalue weighted by molar-refractivity contribution is 5.95. The number of fused-ring (bicyclic) bond motifs is 1. The number of amides is 1. The van der Waals surface area contributed by atoms with Gasteiger partial charge in [0.05, 0.1) is 5.69 Å². The molecule has 0 aliphatic carbocycles. The smallest absolute Gasteiger partial charge is 0.490 e. The molecule has 1 amide bonds. The van der Waals surface area contributed by atoms with Crippen molar-refractivity contribution in [2.45, 2.75) is 6.18 Å². The van der Waals surface area contributed by atoms with Crippen LogP contribution in [0.4, 0.5) is 29.3 Å². The molecule has 0 atom stereocenters. The molecule has 6 nitrogen and oxygen atoms in total. The number of carbonyl (C=O) groups is 2. The van der Waals surface area contributed by atoms with E-state index in [1.165, 1.54) is 18.2 Å². The average Bonchev–Trinajstić information content (AvgIpc) is 2.37. The number of rotatable bonds is 1. The van der Waals surface area contributed by atoms with Crippen LogP contribution in [0.15, 0.2) is 18.2 Å². The molecule has 0 bridgehead atoms. The second kappa shape index (κ2) is 5.27. The van der Waals surface area contributed by atoms with Crippen LogP contribution in [0, 0.1) is 0 Å². The number of halogens is 3. The zero-order valence-electron chi connectivity index (χ0n) is 9.91. The number of hydrogen-bond acceptors (Lipinski definition) is 5.